The van der Waals surface area contributed by atoms with E-state index in [0.717, 1.165) is 5.56 Å². The van der Waals surface area contributed by atoms with Gasteiger partial charge in [-0.15, -0.1) is 0 Å². The second-order valence-corrected chi connectivity index (χ2v) is 7.82. The summed E-state index contributed by atoms with van der Waals surface area (Å²) >= 11 is 0. The second kappa shape index (κ2) is 7.42. The van der Waals surface area contributed by atoms with E-state index in [9.17, 15) is 13.2 Å². The van der Waals surface area contributed by atoms with E-state index in [0.29, 0.717) is 11.6 Å². The van der Waals surface area contributed by atoms with Gasteiger partial charge in [0.1, 0.15) is 0 Å². The van der Waals surface area contributed by atoms with E-state index in [1.165, 1.54) is 0 Å². The molecule has 122 valence electrons. The molecule has 0 radical (unpaired) electrons. The van der Waals surface area contributed by atoms with Gasteiger partial charge < -0.3 is 5.32 Å². The van der Waals surface area contributed by atoms with E-state index in [4.69, 9.17) is 0 Å². The van der Waals surface area contributed by atoms with Crippen LogP contribution in [-0.4, -0.2) is 20.1 Å². The van der Waals surface area contributed by atoms with E-state index in [1.54, 1.807) is 36.4 Å². The Balaban J connectivity index is 1.97. The molecule has 0 heterocycles. The summed E-state index contributed by atoms with van der Waals surface area (Å²) in [6.07, 6.45) is -0.0663. The first-order valence-corrected chi connectivity index (χ1v) is 9.21. The van der Waals surface area contributed by atoms with E-state index in [2.05, 4.69) is 19.2 Å². The van der Waals surface area contributed by atoms with Gasteiger partial charge in [-0.2, -0.15) is 0 Å². The summed E-state index contributed by atoms with van der Waals surface area (Å²) in [6.45, 7) is 4.15. The number of rotatable bonds is 6. The van der Waals surface area contributed by atoms with Crippen LogP contribution in [0.25, 0.3) is 0 Å². The molecule has 4 nitrogen and oxygen atoms in total. The van der Waals surface area contributed by atoms with Crippen molar-refractivity contribution in [2.24, 2.45) is 0 Å². The van der Waals surface area contributed by atoms with Crippen LogP contribution in [0.4, 0.5) is 5.69 Å². The van der Waals surface area contributed by atoms with Crippen molar-refractivity contribution in [2.75, 3.05) is 11.1 Å². The minimum Gasteiger partial charge on any atom is -0.326 e. The molecule has 0 unspecified atom stereocenters. The smallest absolute Gasteiger partial charge is 0.225 e. The zero-order valence-corrected chi connectivity index (χ0v) is 14.1. The van der Waals surface area contributed by atoms with Crippen LogP contribution in [0.1, 0.15) is 31.7 Å². The molecule has 2 rings (SSSR count). The fourth-order valence-corrected chi connectivity index (χ4v) is 3.43. The van der Waals surface area contributed by atoms with Crippen LogP contribution in [0.5, 0.6) is 0 Å². The highest BCUT2D eigenvalue weighted by atomic mass is 32.2. The van der Waals surface area contributed by atoms with Crippen molar-refractivity contribution in [3.63, 3.8) is 0 Å². The average molecular weight is 331 g/mol. The third kappa shape index (κ3) is 4.93. The Hall–Kier alpha value is -2.14. The Labute approximate surface area is 137 Å². The molecule has 1 N–H and O–H groups in total. The van der Waals surface area contributed by atoms with Gasteiger partial charge >= 0.3 is 0 Å². The summed E-state index contributed by atoms with van der Waals surface area (Å²) in [5, 5.41) is 2.76. The number of carbonyl (C=O) groups excluding carboxylic acids is 1. The predicted octanol–water partition coefficient (Wildman–Crippen LogP) is 3.61. The third-order valence-electron chi connectivity index (χ3n) is 3.54. The van der Waals surface area contributed by atoms with E-state index in [1.807, 2.05) is 18.2 Å². The monoisotopic (exact) mass is 331 g/mol. The zero-order valence-electron chi connectivity index (χ0n) is 13.3. The Bertz CT molecular complexity index is 768. The molecule has 0 aliphatic rings. The highest BCUT2D eigenvalue weighted by Gasteiger charge is 2.16. The number of nitrogens with one attached hydrogen (secondary N) is 1. The highest BCUT2D eigenvalue weighted by molar-refractivity contribution is 7.91. The lowest BCUT2D eigenvalue weighted by molar-refractivity contribution is -0.115. The molecule has 0 fully saturated rings. The van der Waals surface area contributed by atoms with Crippen molar-refractivity contribution in [1.82, 2.24) is 0 Å². The highest BCUT2D eigenvalue weighted by Crippen LogP contribution is 2.19. The summed E-state index contributed by atoms with van der Waals surface area (Å²) in [6, 6.07) is 15.8. The fourth-order valence-electron chi connectivity index (χ4n) is 2.17. The molecule has 1 amide bonds. The maximum atomic E-state index is 12.2. The van der Waals surface area contributed by atoms with Crippen LogP contribution in [-0.2, 0) is 14.6 Å². The lowest BCUT2D eigenvalue weighted by Crippen LogP contribution is -2.17. The molecule has 0 aromatic heterocycles. The number of anilines is 1. The Morgan fingerprint density at radius 3 is 2.39 bits per heavy atom. The van der Waals surface area contributed by atoms with Gasteiger partial charge in [-0.1, -0.05) is 44.2 Å². The number of hydrogen-bond acceptors (Lipinski definition) is 3. The van der Waals surface area contributed by atoms with Gasteiger partial charge in [0.2, 0.25) is 5.91 Å². The largest absolute Gasteiger partial charge is 0.326 e. The van der Waals surface area contributed by atoms with Crippen LogP contribution in [0.15, 0.2) is 59.5 Å². The van der Waals surface area contributed by atoms with Gasteiger partial charge in [0.25, 0.3) is 0 Å². The molecule has 0 aliphatic carbocycles. The second-order valence-electron chi connectivity index (χ2n) is 5.71. The first-order chi connectivity index (χ1) is 10.9. The summed E-state index contributed by atoms with van der Waals surface area (Å²) in [5.41, 5.74) is 1.82. The molecule has 2 aromatic carbocycles. The molecule has 23 heavy (non-hydrogen) atoms. The van der Waals surface area contributed by atoms with Gasteiger partial charge in [-0.05, 0) is 35.7 Å². The molecular weight excluding hydrogens is 310 g/mol. The van der Waals surface area contributed by atoms with Crippen molar-refractivity contribution >= 4 is 21.4 Å². The quantitative estimate of drug-likeness (QED) is 0.879. The molecule has 0 atom stereocenters. The molecule has 5 heteroatoms. The van der Waals surface area contributed by atoms with Crippen LogP contribution >= 0.6 is 0 Å². The molecular formula is C18H21NO3S. The van der Waals surface area contributed by atoms with Crippen molar-refractivity contribution in [1.29, 1.82) is 0 Å². The number of hydrogen-bond donors (Lipinski definition) is 1. The molecule has 0 aliphatic heterocycles. The molecule has 0 bridgehead atoms. The number of carbonyl (C=O) groups is 1. The van der Waals surface area contributed by atoms with Crippen molar-refractivity contribution in [3.8, 4) is 0 Å². The number of benzene rings is 2. The van der Waals surface area contributed by atoms with E-state index < -0.39 is 9.84 Å². The van der Waals surface area contributed by atoms with Gasteiger partial charge in [0.15, 0.2) is 9.84 Å². The minimum absolute atomic E-state index is 0.0663. The predicted molar refractivity (Wildman–Crippen MR) is 92.3 cm³/mol. The van der Waals surface area contributed by atoms with Crippen molar-refractivity contribution in [2.45, 2.75) is 31.1 Å². The van der Waals surface area contributed by atoms with Gasteiger partial charge in [0.05, 0.1) is 10.6 Å². The topological polar surface area (TPSA) is 63.2 Å². The van der Waals surface area contributed by atoms with Crippen LogP contribution in [0.3, 0.4) is 0 Å². The lowest BCUT2D eigenvalue weighted by atomic mass is 10.0. The zero-order chi connectivity index (χ0) is 16.9. The summed E-state index contributed by atoms with van der Waals surface area (Å²) in [4.78, 5) is 12.2. The summed E-state index contributed by atoms with van der Waals surface area (Å²) in [5.74, 6) is -0.136. The summed E-state index contributed by atoms with van der Waals surface area (Å²) < 4.78 is 24.3. The SMILES string of the molecule is CC(C)c1cccc(NC(=O)CCS(=O)(=O)c2ccccc2)c1. The van der Waals surface area contributed by atoms with Crippen LogP contribution in [0.2, 0.25) is 0 Å². The maximum absolute atomic E-state index is 12.2. The Morgan fingerprint density at radius 2 is 1.74 bits per heavy atom. The Kier molecular flexibility index (Phi) is 5.55. The normalized spacial score (nSPS) is 11.4. The standard InChI is InChI=1S/C18H21NO3S/c1-14(2)15-7-6-8-16(13-15)19-18(20)11-12-23(21,22)17-9-4-3-5-10-17/h3-10,13-14H,11-12H2,1-2H3,(H,19,20). The fraction of sp³-hybridized carbons (Fsp3) is 0.278. The minimum atomic E-state index is -3.43. The third-order valence-corrected chi connectivity index (χ3v) is 5.27. The number of amides is 1. The molecule has 0 spiro atoms. The first kappa shape index (κ1) is 17.2. The number of sulfone groups is 1. The maximum Gasteiger partial charge on any atom is 0.225 e. The van der Waals surface area contributed by atoms with Gasteiger partial charge in [0, 0.05) is 12.1 Å². The van der Waals surface area contributed by atoms with E-state index in [-0.39, 0.29) is 23.0 Å². The van der Waals surface area contributed by atoms with E-state index >= 15 is 0 Å². The van der Waals surface area contributed by atoms with Crippen molar-refractivity contribution in [3.05, 3.63) is 60.2 Å². The lowest BCUT2D eigenvalue weighted by Gasteiger charge is -2.10. The van der Waals surface area contributed by atoms with Crippen LogP contribution in [0, 0.1) is 0 Å². The molecule has 0 saturated heterocycles. The van der Waals surface area contributed by atoms with Gasteiger partial charge in [-0.25, -0.2) is 8.42 Å². The summed E-state index contributed by atoms with van der Waals surface area (Å²) in [7, 11) is -3.43. The molecule has 0 saturated carbocycles. The van der Waals surface area contributed by atoms with Crippen LogP contribution < -0.4 is 5.32 Å². The molecule has 2 aromatic rings. The first-order valence-electron chi connectivity index (χ1n) is 7.56. The average Bonchev–Trinajstić information content (AvgIpc) is 2.54. The van der Waals surface area contributed by atoms with Gasteiger partial charge in [-0.3, -0.25) is 4.79 Å². The Morgan fingerprint density at radius 1 is 1.04 bits per heavy atom. The van der Waals surface area contributed by atoms with Crippen molar-refractivity contribution < 1.29 is 13.2 Å².